The van der Waals surface area contributed by atoms with Crippen LogP contribution in [0.5, 0.6) is 0 Å². The van der Waals surface area contributed by atoms with Crippen molar-refractivity contribution in [3.63, 3.8) is 0 Å². The number of dihydropyridines is 1. The maximum Gasteiger partial charge on any atom is 0.416 e. The number of rotatable bonds is 2. The zero-order valence-electron chi connectivity index (χ0n) is 13.1. The van der Waals surface area contributed by atoms with Gasteiger partial charge in [-0.1, -0.05) is 0 Å². The number of allylic oxidation sites excluding steroid dienone is 3. The summed E-state index contributed by atoms with van der Waals surface area (Å²) in [4.78, 5) is 0. The van der Waals surface area contributed by atoms with E-state index in [1.165, 1.54) is 0 Å². The van der Waals surface area contributed by atoms with Gasteiger partial charge in [0.25, 0.3) is 0 Å². The zero-order valence-corrected chi connectivity index (χ0v) is 13.1. The molecular formula is C16H19F3N2O2. The maximum atomic E-state index is 13.3. The first kappa shape index (κ1) is 16.0. The first-order valence-corrected chi connectivity index (χ1v) is 7.51. The SMILES string of the molecule is CC(C)OC1=C2C=C(C(F)(F)F)C=C3OC(C)CNC32NC=C1. The fourth-order valence-corrected chi connectivity index (χ4v) is 2.86. The summed E-state index contributed by atoms with van der Waals surface area (Å²) in [5.74, 6) is 0.604. The van der Waals surface area contributed by atoms with Gasteiger partial charge in [0.2, 0.25) is 0 Å². The molecule has 2 atom stereocenters. The first-order valence-electron chi connectivity index (χ1n) is 7.51. The van der Waals surface area contributed by atoms with Crippen LogP contribution in [-0.2, 0) is 9.47 Å². The third-order valence-corrected chi connectivity index (χ3v) is 3.83. The molecule has 0 saturated carbocycles. The molecule has 3 aliphatic rings. The molecule has 2 heterocycles. The van der Waals surface area contributed by atoms with Crippen LogP contribution in [0.3, 0.4) is 0 Å². The molecule has 0 aromatic rings. The summed E-state index contributed by atoms with van der Waals surface area (Å²) >= 11 is 0. The Morgan fingerprint density at radius 3 is 2.74 bits per heavy atom. The lowest BCUT2D eigenvalue weighted by molar-refractivity contribution is -0.0896. The van der Waals surface area contributed by atoms with Gasteiger partial charge in [-0.2, -0.15) is 13.2 Å². The largest absolute Gasteiger partial charge is 0.491 e. The van der Waals surface area contributed by atoms with Gasteiger partial charge in [-0.15, -0.1) is 0 Å². The Morgan fingerprint density at radius 2 is 2.09 bits per heavy atom. The standard InChI is InChI=1S/C16H19F3N2O2/c1-9(2)22-13-4-5-20-15-12(13)6-11(16(17,18)19)7-14(15)23-10(3)8-21-15/h4-7,9-10,20-21H,8H2,1-3H3. The highest BCUT2D eigenvalue weighted by Gasteiger charge is 2.50. The predicted octanol–water partition coefficient (Wildman–Crippen LogP) is 2.87. The number of nitrogens with one attached hydrogen (secondary N) is 2. The van der Waals surface area contributed by atoms with E-state index in [0.717, 1.165) is 12.2 Å². The number of hydrogen-bond acceptors (Lipinski definition) is 4. The van der Waals surface area contributed by atoms with E-state index in [-0.39, 0.29) is 18.0 Å². The van der Waals surface area contributed by atoms with Crippen molar-refractivity contribution >= 4 is 0 Å². The Balaban J connectivity index is 2.15. The van der Waals surface area contributed by atoms with Crippen LogP contribution in [-0.4, -0.2) is 30.6 Å². The molecular weight excluding hydrogens is 309 g/mol. The highest BCUT2D eigenvalue weighted by Crippen LogP contribution is 2.42. The Morgan fingerprint density at radius 1 is 1.35 bits per heavy atom. The van der Waals surface area contributed by atoms with Crippen LogP contribution >= 0.6 is 0 Å². The van der Waals surface area contributed by atoms with Crippen molar-refractivity contribution in [3.8, 4) is 0 Å². The fraction of sp³-hybridized carbons (Fsp3) is 0.500. The Kier molecular flexibility index (Phi) is 3.71. The summed E-state index contributed by atoms with van der Waals surface area (Å²) in [6, 6.07) is 0. The van der Waals surface area contributed by atoms with Crippen molar-refractivity contribution in [2.24, 2.45) is 0 Å². The van der Waals surface area contributed by atoms with Crippen molar-refractivity contribution in [1.82, 2.24) is 10.6 Å². The van der Waals surface area contributed by atoms with Crippen LogP contribution in [0.25, 0.3) is 0 Å². The summed E-state index contributed by atoms with van der Waals surface area (Å²) in [6.07, 6.45) is 0.623. The van der Waals surface area contributed by atoms with Gasteiger partial charge in [-0.25, -0.2) is 0 Å². The molecule has 4 nitrogen and oxygen atoms in total. The maximum absolute atomic E-state index is 13.3. The smallest absolute Gasteiger partial charge is 0.416 e. The lowest BCUT2D eigenvalue weighted by Gasteiger charge is -2.47. The molecule has 1 fully saturated rings. The van der Waals surface area contributed by atoms with E-state index in [1.54, 1.807) is 19.2 Å². The quantitative estimate of drug-likeness (QED) is 0.818. The van der Waals surface area contributed by atoms with Crippen LogP contribution in [0.4, 0.5) is 13.2 Å². The lowest BCUT2D eigenvalue weighted by atomic mass is 9.85. The van der Waals surface area contributed by atoms with Gasteiger partial charge in [-0.3, -0.25) is 5.32 Å². The highest BCUT2D eigenvalue weighted by molar-refractivity contribution is 5.55. The first-order chi connectivity index (χ1) is 10.7. The number of halogens is 3. The summed E-state index contributed by atoms with van der Waals surface area (Å²) in [6.45, 7) is 5.97. The second-order valence-corrected chi connectivity index (χ2v) is 6.09. The molecule has 2 unspecified atom stereocenters. The van der Waals surface area contributed by atoms with Crippen LogP contribution in [0.15, 0.2) is 47.1 Å². The van der Waals surface area contributed by atoms with Gasteiger partial charge in [0.1, 0.15) is 17.6 Å². The van der Waals surface area contributed by atoms with Gasteiger partial charge in [-0.05, 0) is 39.0 Å². The third-order valence-electron chi connectivity index (χ3n) is 3.83. The topological polar surface area (TPSA) is 42.5 Å². The van der Waals surface area contributed by atoms with Crippen molar-refractivity contribution in [2.75, 3.05) is 6.54 Å². The number of alkyl halides is 3. The molecule has 0 amide bonds. The Labute approximate surface area is 132 Å². The number of hydrogen-bond donors (Lipinski definition) is 2. The molecule has 7 heteroatoms. The highest BCUT2D eigenvalue weighted by atomic mass is 19.4. The second-order valence-electron chi connectivity index (χ2n) is 6.09. The minimum atomic E-state index is -4.46. The van der Waals surface area contributed by atoms with E-state index < -0.39 is 17.4 Å². The molecule has 2 N–H and O–H groups in total. The van der Waals surface area contributed by atoms with E-state index in [1.807, 2.05) is 13.8 Å². The molecule has 23 heavy (non-hydrogen) atoms. The zero-order chi connectivity index (χ0) is 16.8. The number of morpholine rings is 1. The van der Waals surface area contributed by atoms with Gasteiger partial charge in [0, 0.05) is 18.3 Å². The average molecular weight is 328 g/mol. The summed E-state index contributed by atoms with van der Waals surface area (Å²) < 4.78 is 51.2. The summed E-state index contributed by atoms with van der Waals surface area (Å²) in [7, 11) is 0. The van der Waals surface area contributed by atoms with Crippen LogP contribution < -0.4 is 10.6 Å². The van der Waals surface area contributed by atoms with Crippen molar-refractivity contribution in [2.45, 2.75) is 44.8 Å². The Hall–Kier alpha value is -1.89. The van der Waals surface area contributed by atoms with Crippen molar-refractivity contribution in [3.05, 3.63) is 47.1 Å². The molecule has 0 radical (unpaired) electrons. The Bertz CT molecular complexity index is 632. The van der Waals surface area contributed by atoms with Gasteiger partial charge in [0.15, 0.2) is 5.66 Å². The molecule has 1 aliphatic carbocycles. The molecule has 0 bridgehead atoms. The number of ether oxygens (including phenoxy) is 2. The van der Waals surface area contributed by atoms with Gasteiger partial charge < -0.3 is 14.8 Å². The van der Waals surface area contributed by atoms with Crippen LogP contribution in [0.2, 0.25) is 0 Å². The fourth-order valence-electron chi connectivity index (χ4n) is 2.86. The summed E-state index contributed by atoms with van der Waals surface area (Å²) in [5, 5.41) is 6.35. The van der Waals surface area contributed by atoms with E-state index >= 15 is 0 Å². The molecule has 1 saturated heterocycles. The minimum Gasteiger partial charge on any atom is -0.491 e. The van der Waals surface area contributed by atoms with Gasteiger partial charge >= 0.3 is 6.18 Å². The van der Waals surface area contributed by atoms with Crippen molar-refractivity contribution < 1.29 is 22.6 Å². The molecule has 3 rings (SSSR count). The predicted molar refractivity (Wildman–Crippen MR) is 79.0 cm³/mol. The summed E-state index contributed by atoms with van der Waals surface area (Å²) in [5.41, 5.74) is -1.39. The normalized spacial score (nSPS) is 30.0. The van der Waals surface area contributed by atoms with E-state index in [4.69, 9.17) is 9.47 Å². The average Bonchev–Trinajstić information content (AvgIpc) is 2.44. The van der Waals surface area contributed by atoms with E-state index in [9.17, 15) is 13.2 Å². The van der Waals surface area contributed by atoms with E-state index in [2.05, 4.69) is 10.6 Å². The second kappa shape index (κ2) is 5.33. The van der Waals surface area contributed by atoms with E-state index in [0.29, 0.717) is 17.9 Å². The molecule has 1 spiro atoms. The van der Waals surface area contributed by atoms with Gasteiger partial charge in [0.05, 0.1) is 11.7 Å². The molecule has 126 valence electrons. The van der Waals surface area contributed by atoms with Crippen LogP contribution in [0.1, 0.15) is 20.8 Å². The van der Waals surface area contributed by atoms with Crippen molar-refractivity contribution in [1.29, 1.82) is 0 Å². The molecule has 0 aromatic heterocycles. The monoisotopic (exact) mass is 328 g/mol. The minimum absolute atomic E-state index is 0.155. The molecule has 0 aromatic carbocycles. The van der Waals surface area contributed by atoms with Crippen LogP contribution in [0, 0.1) is 0 Å². The third kappa shape index (κ3) is 2.73. The lowest BCUT2D eigenvalue weighted by Crippen LogP contribution is -2.65. The molecule has 2 aliphatic heterocycles.